The van der Waals surface area contributed by atoms with Crippen molar-refractivity contribution in [1.29, 1.82) is 5.26 Å². The van der Waals surface area contributed by atoms with E-state index in [2.05, 4.69) is 5.32 Å². The molecule has 1 saturated heterocycles. The second-order valence-electron chi connectivity index (χ2n) is 6.56. The Labute approximate surface area is 168 Å². The summed E-state index contributed by atoms with van der Waals surface area (Å²) < 4.78 is 11.7. The summed E-state index contributed by atoms with van der Waals surface area (Å²) in [4.78, 5) is 32.2. The average Bonchev–Trinajstić information content (AvgIpc) is 2.74. The van der Waals surface area contributed by atoms with Gasteiger partial charge in [-0.15, -0.1) is 0 Å². The molecule has 0 aliphatic carbocycles. The number of pyridine rings is 1. The molecule has 9 heteroatoms. The third kappa shape index (κ3) is 4.45. The number of hydrogen-bond donors (Lipinski definition) is 1. The van der Waals surface area contributed by atoms with E-state index in [0.29, 0.717) is 44.4 Å². The van der Waals surface area contributed by atoms with Crippen molar-refractivity contribution in [3.05, 3.63) is 45.4 Å². The van der Waals surface area contributed by atoms with Crippen molar-refractivity contribution in [2.75, 3.05) is 51.5 Å². The average molecular weight is 397 g/mol. The lowest BCUT2D eigenvalue weighted by Gasteiger charge is -2.29. The van der Waals surface area contributed by atoms with Gasteiger partial charge in [-0.2, -0.15) is 5.26 Å². The topological polar surface area (TPSA) is 109 Å². The number of aromatic nitrogens is 2. The molecule has 0 radical (unpaired) electrons. The highest BCUT2D eigenvalue weighted by atomic mass is 16.5. The number of morpholine rings is 1. The molecule has 0 spiro atoms. The second kappa shape index (κ2) is 9.32. The highest BCUT2D eigenvalue weighted by Gasteiger charge is 2.21. The molecule has 0 unspecified atom stereocenters. The Morgan fingerprint density at radius 3 is 2.90 bits per heavy atom. The van der Waals surface area contributed by atoms with Gasteiger partial charge in [-0.05, 0) is 24.6 Å². The molecule has 1 aliphatic rings. The van der Waals surface area contributed by atoms with Gasteiger partial charge in [0.25, 0.3) is 11.5 Å². The number of aryl methyl sites for hydroxylation is 1. The number of fused-ring (bicyclic) bond motifs is 1. The van der Waals surface area contributed by atoms with Gasteiger partial charge < -0.3 is 19.7 Å². The fourth-order valence-electron chi connectivity index (χ4n) is 3.10. The first-order chi connectivity index (χ1) is 14.1. The van der Waals surface area contributed by atoms with Crippen molar-refractivity contribution in [3.8, 4) is 6.07 Å². The number of nitrogens with zero attached hydrogens (tertiary/aromatic N) is 4. The number of ether oxygens (including phenoxy) is 2. The Bertz CT molecular complexity index is 1030. The zero-order chi connectivity index (χ0) is 20.8. The number of nitrogens with one attached hydrogen (secondary N) is 1. The minimum absolute atomic E-state index is 0.165. The first-order valence-corrected chi connectivity index (χ1v) is 9.30. The third-order valence-corrected chi connectivity index (χ3v) is 4.62. The molecule has 0 bridgehead atoms. The molecule has 1 N–H and O–H groups in total. The molecule has 0 aromatic carbocycles. The molecule has 2 aromatic heterocycles. The molecule has 3 rings (SSSR count). The molecule has 2 aromatic rings. The first-order valence-electron chi connectivity index (χ1n) is 9.30. The number of rotatable bonds is 6. The van der Waals surface area contributed by atoms with E-state index in [1.54, 1.807) is 12.3 Å². The van der Waals surface area contributed by atoms with Crippen LogP contribution in [0.3, 0.4) is 0 Å². The summed E-state index contributed by atoms with van der Waals surface area (Å²) in [5.41, 5.74) is 1.10. The monoisotopic (exact) mass is 397 g/mol. The minimum atomic E-state index is -0.564. The first kappa shape index (κ1) is 20.5. The lowest BCUT2D eigenvalue weighted by Crippen LogP contribution is -2.39. The summed E-state index contributed by atoms with van der Waals surface area (Å²) in [5.74, 6) is -0.115. The van der Waals surface area contributed by atoms with Gasteiger partial charge in [0.1, 0.15) is 23.1 Å². The van der Waals surface area contributed by atoms with Gasteiger partial charge in [-0.3, -0.25) is 14.0 Å². The van der Waals surface area contributed by atoms with E-state index < -0.39 is 5.91 Å². The SMILES string of the molecule is COCCNC(=O)/C(C#N)=C/c1c(N2CCOCC2)nc2c(C)cccn2c1=O. The Morgan fingerprint density at radius 2 is 2.21 bits per heavy atom. The van der Waals surface area contributed by atoms with E-state index in [1.807, 2.05) is 24.0 Å². The predicted octanol–water partition coefficient (Wildman–Crippen LogP) is 0.509. The van der Waals surface area contributed by atoms with Crippen LogP contribution in [0.15, 0.2) is 28.7 Å². The molecule has 1 amide bonds. The second-order valence-corrected chi connectivity index (χ2v) is 6.56. The molecule has 0 atom stereocenters. The van der Waals surface area contributed by atoms with Gasteiger partial charge >= 0.3 is 0 Å². The summed E-state index contributed by atoms with van der Waals surface area (Å²) in [6.45, 7) is 4.63. The summed E-state index contributed by atoms with van der Waals surface area (Å²) >= 11 is 0. The summed E-state index contributed by atoms with van der Waals surface area (Å²) in [5, 5.41) is 12.1. The van der Waals surface area contributed by atoms with Crippen LogP contribution in [0.4, 0.5) is 5.82 Å². The van der Waals surface area contributed by atoms with Crippen molar-refractivity contribution >= 4 is 23.4 Å². The van der Waals surface area contributed by atoms with Crippen molar-refractivity contribution in [1.82, 2.24) is 14.7 Å². The van der Waals surface area contributed by atoms with Crippen LogP contribution in [-0.4, -0.2) is 61.9 Å². The number of methoxy groups -OCH3 is 1. The van der Waals surface area contributed by atoms with Crippen molar-refractivity contribution < 1.29 is 14.3 Å². The van der Waals surface area contributed by atoms with Gasteiger partial charge in [-0.25, -0.2) is 4.98 Å². The lowest BCUT2D eigenvalue weighted by molar-refractivity contribution is -0.117. The van der Waals surface area contributed by atoms with Gasteiger partial charge in [0.15, 0.2) is 0 Å². The quantitative estimate of drug-likeness (QED) is 0.430. The van der Waals surface area contributed by atoms with Crippen molar-refractivity contribution in [2.45, 2.75) is 6.92 Å². The number of anilines is 1. The standard InChI is InChI=1S/C20H23N5O4/c1-14-4-3-6-25-17(14)23-18(24-7-10-29-11-8-24)16(20(25)27)12-15(13-21)19(26)22-5-9-28-2/h3-4,6,12H,5,7-11H2,1-2H3,(H,22,26)/b15-12+. The molecule has 1 aliphatic heterocycles. The third-order valence-electron chi connectivity index (χ3n) is 4.62. The number of hydrogen-bond acceptors (Lipinski definition) is 7. The Balaban J connectivity index is 2.13. The van der Waals surface area contributed by atoms with Crippen LogP contribution in [0.2, 0.25) is 0 Å². The summed E-state index contributed by atoms with van der Waals surface area (Å²) in [6.07, 6.45) is 2.94. The van der Waals surface area contributed by atoms with Crippen molar-refractivity contribution in [3.63, 3.8) is 0 Å². The van der Waals surface area contributed by atoms with E-state index in [4.69, 9.17) is 14.5 Å². The normalized spacial score (nSPS) is 14.7. The number of carbonyl (C=O) groups is 1. The van der Waals surface area contributed by atoms with E-state index in [0.717, 1.165) is 5.56 Å². The highest BCUT2D eigenvalue weighted by Crippen LogP contribution is 2.21. The van der Waals surface area contributed by atoms with E-state index in [1.165, 1.54) is 17.6 Å². The van der Waals surface area contributed by atoms with Crippen LogP contribution in [0.5, 0.6) is 0 Å². The van der Waals surface area contributed by atoms with Crippen molar-refractivity contribution in [2.24, 2.45) is 0 Å². The van der Waals surface area contributed by atoms with E-state index in [-0.39, 0.29) is 23.2 Å². The predicted molar refractivity (Wildman–Crippen MR) is 108 cm³/mol. The Morgan fingerprint density at radius 1 is 1.45 bits per heavy atom. The van der Waals surface area contributed by atoms with E-state index in [9.17, 15) is 14.9 Å². The maximum absolute atomic E-state index is 13.2. The Kier molecular flexibility index (Phi) is 6.59. The summed E-state index contributed by atoms with van der Waals surface area (Å²) in [6, 6.07) is 5.52. The molecular formula is C20H23N5O4. The molecule has 0 saturated carbocycles. The maximum Gasteiger partial charge on any atom is 0.267 e. The fourth-order valence-corrected chi connectivity index (χ4v) is 3.10. The lowest BCUT2D eigenvalue weighted by atomic mass is 10.1. The zero-order valence-corrected chi connectivity index (χ0v) is 16.5. The Hall–Kier alpha value is -3.22. The summed E-state index contributed by atoms with van der Waals surface area (Å²) in [7, 11) is 1.52. The van der Waals surface area contributed by atoms with Crippen LogP contribution in [0.1, 0.15) is 11.1 Å². The van der Waals surface area contributed by atoms with Crippen LogP contribution in [0.25, 0.3) is 11.7 Å². The number of nitriles is 1. The van der Waals surface area contributed by atoms with Gasteiger partial charge in [0.2, 0.25) is 0 Å². The maximum atomic E-state index is 13.2. The van der Waals surface area contributed by atoms with Gasteiger partial charge in [0.05, 0.1) is 25.4 Å². The molecule has 1 fully saturated rings. The van der Waals surface area contributed by atoms with Gasteiger partial charge in [-0.1, -0.05) is 6.07 Å². The number of amides is 1. The van der Waals surface area contributed by atoms with Crippen LogP contribution in [0, 0.1) is 18.3 Å². The zero-order valence-electron chi connectivity index (χ0n) is 16.5. The molecular weight excluding hydrogens is 374 g/mol. The molecule has 152 valence electrons. The fraction of sp³-hybridized carbons (Fsp3) is 0.400. The van der Waals surface area contributed by atoms with Gasteiger partial charge in [0, 0.05) is 32.9 Å². The molecule has 3 heterocycles. The van der Waals surface area contributed by atoms with Crippen LogP contribution >= 0.6 is 0 Å². The van der Waals surface area contributed by atoms with E-state index >= 15 is 0 Å². The smallest absolute Gasteiger partial charge is 0.267 e. The largest absolute Gasteiger partial charge is 0.383 e. The highest BCUT2D eigenvalue weighted by molar-refractivity contribution is 6.02. The molecule has 29 heavy (non-hydrogen) atoms. The van der Waals surface area contributed by atoms with Crippen LogP contribution < -0.4 is 15.8 Å². The van der Waals surface area contributed by atoms with Crippen LogP contribution in [-0.2, 0) is 14.3 Å². The molecule has 9 nitrogen and oxygen atoms in total. The minimum Gasteiger partial charge on any atom is -0.383 e. The number of carbonyl (C=O) groups excluding carboxylic acids is 1.